The van der Waals surface area contributed by atoms with E-state index < -0.39 is 0 Å². The van der Waals surface area contributed by atoms with Crippen molar-refractivity contribution in [2.45, 2.75) is 72.0 Å². The maximum atomic E-state index is 13.7. The molecule has 0 aliphatic carbocycles. The Morgan fingerprint density at radius 2 is 2.03 bits per heavy atom. The highest BCUT2D eigenvalue weighted by molar-refractivity contribution is 5.99. The molecule has 0 unspecified atom stereocenters. The summed E-state index contributed by atoms with van der Waals surface area (Å²) in [7, 11) is 0. The van der Waals surface area contributed by atoms with E-state index in [2.05, 4.69) is 29.8 Å². The van der Waals surface area contributed by atoms with Crippen molar-refractivity contribution in [3.8, 4) is 0 Å². The number of amides is 1. The average Bonchev–Trinajstić information content (AvgIpc) is 3.13. The van der Waals surface area contributed by atoms with Gasteiger partial charge in [-0.25, -0.2) is 4.98 Å². The Morgan fingerprint density at radius 3 is 2.82 bits per heavy atom. The molecule has 1 N–H and O–H groups in total. The second-order valence-corrected chi connectivity index (χ2v) is 9.76. The Bertz CT molecular complexity index is 1270. The van der Waals surface area contributed by atoms with Gasteiger partial charge in [-0.15, -0.1) is 0 Å². The van der Waals surface area contributed by atoms with Crippen LogP contribution < -0.4 is 5.56 Å². The number of fused-ring (bicyclic) bond motifs is 2. The highest BCUT2D eigenvalue weighted by Crippen LogP contribution is 2.34. The van der Waals surface area contributed by atoms with Crippen molar-refractivity contribution in [1.82, 2.24) is 19.8 Å². The maximum absolute atomic E-state index is 13.7. The van der Waals surface area contributed by atoms with Gasteiger partial charge in [0.05, 0.1) is 11.7 Å². The Labute approximate surface area is 193 Å². The standard InChI is InChI=1S/C26H32N4O3/c1-15(2)29-12-10-18-20(14-29)27-24(28-25(18)31)21-7-5-6-11-30(21)26(32)23-17(4)19-13-16(3)8-9-22(19)33-23/h8-9,13,15,21H,5-7,10-12,14H2,1-4H3,(H,27,28,31)/t21-/m1/s1. The van der Waals surface area contributed by atoms with Crippen LogP contribution in [0.1, 0.15) is 77.9 Å². The number of furan rings is 1. The van der Waals surface area contributed by atoms with Crippen LogP contribution in [0, 0.1) is 13.8 Å². The number of piperidine rings is 1. The Kier molecular flexibility index (Phi) is 5.60. The van der Waals surface area contributed by atoms with Gasteiger partial charge in [-0.2, -0.15) is 0 Å². The molecule has 5 rings (SSSR count). The third kappa shape index (κ3) is 3.88. The highest BCUT2D eigenvalue weighted by Gasteiger charge is 2.34. The highest BCUT2D eigenvalue weighted by atomic mass is 16.3. The molecule has 174 valence electrons. The zero-order valence-electron chi connectivity index (χ0n) is 19.9. The molecule has 1 saturated heterocycles. The van der Waals surface area contributed by atoms with Crippen LogP contribution in [0.15, 0.2) is 27.4 Å². The molecule has 33 heavy (non-hydrogen) atoms. The van der Waals surface area contributed by atoms with E-state index in [9.17, 15) is 9.59 Å². The van der Waals surface area contributed by atoms with Crippen molar-refractivity contribution in [2.24, 2.45) is 0 Å². The lowest BCUT2D eigenvalue weighted by Crippen LogP contribution is -2.42. The maximum Gasteiger partial charge on any atom is 0.290 e. The molecule has 7 nitrogen and oxygen atoms in total. The zero-order valence-corrected chi connectivity index (χ0v) is 19.9. The average molecular weight is 449 g/mol. The SMILES string of the molecule is Cc1ccc2oc(C(=O)N3CCCC[C@@H]3c3nc4c(c(=O)[nH]3)CCN(C(C)C)C4)c(C)c2c1. The van der Waals surface area contributed by atoms with E-state index in [-0.39, 0.29) is 17.5 Å². The van der Waals surface area contributed by atoms with E-state index in [1.165, 1.54) is 0 Å². The number of nitrogens with zero attached hydrogens (tertiary/aromatic N) is 3. The van der Waals surface area contributed by atoms with Crippen molar-refractivity contribution in [3.05, 3.63) is 62.5 Å². The van der Waals surface area contributed by atoms with Gasteiger partial charge >= 0.3 is 0 Å². The van der Waals surface area contributed by atoms with Gasteiger partial charge in [-0.05, 0) is 65.5 Å². The number of nitrogens with one attached hydrogen (secondary N) is 1. The Balaban J connectivity index is 1.51. The van der Waals surface area contributed by atoms with Crippen molar-refractivity contribution >= 4 is 16.9 Å². The Hall–Kier alpha value is -2.93. The number of carbonyl (C=O) groups excluding carboxylic acids is 1. The fraction of sp³-hybridized carbons (Fsp3) is 0.500. The third-order valence-corrected chi connectivity index (χ3v) is 7.22. The molecule has 0 bridgehead atoms. The summed E-state index contributed by atoms with van der Waals surface area (Å²) in [5.41, 5.74) is 4.29. The minimum absolute atomic E-state index is 0.0632. The number of rotatable bonds is 3. The first kappa shape index (κ1) is 21.9. The number of H-pyrrole nitrogens is 1. The summed E-state index contributed by atoms with van der Waals surface area (Å²) in [5.74, 6) is 0.853. The third-order valence-electron chi connectivity index (χ3n) is 7.22. The number of hydrogen-bond donors (Lipinski definition) is 1. The van der Waals surface area contributed by atoms with E-state index in [1.54, 1.807) is 0 Å². The molecule has 1 aromatic carbocycles. The molecule has 1 fully saturated rings. The fourth-order valence-electron chi connectivity index (χ4n) is 5.21. The molecule has 0 radical (unpaired) electrons. The molecule has 0 saturated carbocycles. The van der Waals surface area contributed by atoms with Crippen molar-refractivity contribution in [3.63, 3.8) is 0 Å². The smallest absolute Gasteiger partial charge is 0.290 e. The van der Waals surface area contributed by atoms with E-state index in [0.29, 0.717) is 37.1 Å². The zero-order chi connectivity index (χ0) is 23.3. The van der Waals surface area contributed by atoms with Gasteiger partial charge in [0.15, 0.2) is 5.76 Å². The summed E-state index contributed by atoms with van der Waals surface area (Å²) >= 11 is 0. The molecule has 7 heteroatoms. The summed E-state index contributed by atoms with van der Waals surface area (Å²) in [6.07, 6.45) is 3.41. The quantitative estimate of drug-likeness (QED) is 0.647. The monoisotopic (exact) mass is 448 g/mol. The molecule has 1 amide bonds. The first-order chi connectivity index (χ1) is 15.8. The van der Waals surface area contributed by atoms with E-state index >= 15 is 0 Å². The number of aryl methyl sites for hydroxylation is 2. The summed E-state index contributed by atoms with van der Waals surface area (Å²) in [6.45, 7) is 10.5. The summed E-state index contributed by atoms with van der Waals surface area (Å²) in [4.78, 5) is 38.7. The summed E-state index contributed by atoms with van der Waals surface area (Å²) in [5, 5.41) is 0.973. The van der Waals surface area contributed by atoms with Crippen LogP contribution >= 0.6 is 0 Å². The number of aromatic amines is 1. The van der Waals surface area contributed by atoms with Gasteiger partial charge in [0, 0.05) is 42.2 Å². The molecule has 1 atom stereocenters. The van der Waals surface area contributed by atoms with Gasteiger partial charge in [0.25, 0.3) is 11.5 Å². The molecule has 2 aliphatic heterocycles. The van der Waals surface area contributed by atoms with Crippen LogP contribution in [-0.4, -0.2) is 44.8 Å². The topological polar surface area (TPSA) is 82.4 Å². The van der Waals surface area contributed by atoms with Crippen molar-refractivity contribution in [2.75, 3.05) is 13.1 Å². The minimum Gasteiger partial charge on any atom is -0.451 e. The second-order valence-electron chi connectivity index (χ2n) is 9.76. The summed E-state index contributed by atoms with van der Waals surface area (Å²) in [6, 6.07) is 6.11. The van der Waals surface area contributed by atoms with Crippen LogP contribution in [-0.2, 0) is 13.0 Å². The molecule has 2 aromatic heterocycles. The number of hydrogen-bond acceptors (Lipinski definition) is 5. The Morgan fingerprint density at radius 1 is 1.21 bits per heavy atom. The van der Waals surface area contributed by atoms with Crippen molar-refractivity contribution < 1.29 is 9.21 Å². The number of likely N-dealkylation sites (tertiary alicyclic amines) is 1. The first-order valence-electron chi connectivity index (χ1n) is 12.0. The predicted molar refractivity (Wildman–Crippen MR) is 127 cm³/mol. The van der Waals surface area contributed by atoms with Gasteiger partial charge in [-0.3, -0.25) is 14.5 Å². The second kappa shape index (κ2) is 8.45. The largest absolute Gasteiger partial charge is 0.451 e. The van der Waals surface area contributed by atoms with E-state index in [0.717, 1.165) is 59.2 Å². The molecule has 4 heterocycles. The molecule has 2 aliphatic rings. The molecule has 0 spiro atoms. The predicted octanol–water partition coefficient (Wildman–Crippen LogP) is 4.27. The number of carbonyl (C=O) groups is 1. The van der Waals surface area contributed by atoms with Crippen LogP contribution in [0.5, 0.6) is 0 Å². The molecular formula is C26H32N4O3. The normalized spacial score (nSPS) is 19.3. The van der Waals surface area contributed by atoms with Gasteiger partial charge in [0.1, 0.15) is 11.4 Å². The molecule has 3 aromatic rings. The van der Waals surface area contributed by atoms with E-state index in [1.807, 2.05) is 30.9 Å². The van der Waals surface area contributed by atoms with Gasteiger partial charge in [0.2, 0.25) is 0 Å². The first-order valence-corrected chi connectivity index (χ1v) is 12.0. The van der Waals surface area contributed by atoms with Crippen LogP contribution in [0.2, 0.25) is 0 Å². The summed E-state index contributed by atoms with van der Waals surface area (Å²) < 4.78 is 6.02. The van der Waals surface area contributed by atoms with Crippen LogP contribution in [0.3, 0.4) is 0 Å². The number of aromatic nitrogens is 2. The minimum atomic E-state index is -0.256. The van der Waals surface area contributed by atoms with E-state index in [4.69, 9.17) is 9.40 Å². The van der Waals surface area contributed by atoms with Gasteiger partial charge in [-0.1, -0.05) is 11.6 Å². The molecular weight excluding hydrogens is 416 g/mol. The lowest BCUT2D eigenvalue weighted by molar-refractivity contribution is 0.0567. The number of benzene rings is 1. The van der Waals surface area contributed by atoms with Crippen LogP contribution in [0.4, 0.5) is 0 Å². The van der Waals surface area contributed by atoms with Gasteiger partial charge < -0.3 is 14.3 Å². The van der Waals surface area contributed by atoms with Crippen molar-refractivity contribution in [1.29, 1.82) is 0 Å². The van der Waals surface area contributed by atoms with Crippen LogP contribution in [0.25, 0.3) is 11.0 Å². The fourth-order valence-corrected chi connectivity index (χ4v) is 5.21. The lowest BCUT2D eigenvalue weighted by Gasteiger charge is -2.36. The lowest BCUT2D eigenvalue weighted by atomic mass is 9.99.